The van der Waals surface area contributed by atoms with Crippen LogP contribution in [-0.2, 0) is 19.6 Å². The first-order valence-electron chi connectivity index (χ1n) is 5.62. The third-order valence-corrected chi connectivity index (χ3v) is 5.18. The number of sulfonamides is 1. The predicted octanol–water partition coefficient (Wildman–Crippen LogP) is -0.938. The van der Waals surface area contributed by atoms with E-state index in [4.69, 9.17) is 0 Å². The summed E-state index contributed by atoms with van der Waals surface area (Å²) in [7, 11) is -3.94. The Labute approximate surface area is 110 Å². The highest BCUT2D eigenvalue weighted by Crippen LogP contribution is 2.24. The number of rotatable bonds is 2. The summed E-state index contributed by atoms with van der Waals surface area (Å²) in [6, 6.07) is -0.934. The van der Waals surface area contributed by atoms with Crippen molar-refractivity contribution in [3.63, 3.8) is 0 Å². The summed E-state index contributed by atoms with van der Waals surface area (Å²) < 4.78 is 25.9. The highest BCUT2D eigenvalue weighted by molar-refractivity contribution is 7.89. The molecule has 9 heteroatoms. The van der Waals surface area contributed by atoms with Crippen LogP contribution in [0.15, 0.2) is 4.90 Å². The zero-order chi connectivity index (χ0) is 14.4. The first-order chi connectivity index (χ1) is 8.75. The minimum Gasteiger partial charge on any atom is -0.294 e. The molecule has 0 aromatic carbocycles. The number of piperazine rings is 1. The molecule has 1 atom stereocenters. The molecule has 1 fully saturated rings. The van der Waals surface area contributed by atoms with Crippen molar-refractivity contribution in [3.8, 4) is 0 Å². The van der Waals surface area contributed by atoms with E-state index < -0.39 is 27.9 Å². The fourth-order valence-corrected chi connectivity index (χ4v) is 3.91. The first kappa shape index (κ1) is 13.7. The molecule has 1 aliphatic heterocycles. The van der Waals surface area contributed by atoms with Crippen LogP contribution in [0.3, 0.4) is 0 Å². The molecule has 104 valence electrons. The van der Waals surface area contributed by atoms with E-state index in [1.54, 1.807) is 13.8 Å². The third-order valence-electron chi connectivity index (χ3n) is 3.00. The van der Waals surface area contributed by atoms with Crippen LogP contribution >= 0.6 is 0 Å². The monoisotopic (exact) mass is 286 g/mol. The Kier molecular flexibility index (Phi) is 3.19. The van der Waals surface area contributed by atoms with E-state index in [1.807, 2.05) is 0 Å². The van der Waals surface area contributed by atoms with Crippen LogP contribution in [0.25, 0.3) is 0 Å². The molecule has 1 aliphatic rings. The number of H-pyrrole nitrogens is 1. The molecule has 0 radical (unpaired) electrons. The van der Waals surface area contributed by atoms with E-state index in [1.165, 1.54) is 6.92 Å². The van der Waals surface area contributed by atoms with Crippen molar-refractivity contribution in [2.45, 2.75) is 31.7 Å². The fourth-order valence-electron chi connectivity index (χ4n) is 2.02. The minimum atomic E-state index is -3.94. The summed E-state index contributed by atoms with van der Waals surface area (Å²) in [5, 5.41) is 8.50. The van der Waals surface area contributed by atoms with Crippen LogP contribution in [-0.4, -0.2) is 47.3 Å². The lowest BCUT2D eigenvalue weighted by molar-refractivity contribution is -0.136. The summed E-state index contributed by atoms with van der Waals surface area (Å²) >= 11 is 0. The van der Waals surface area contributed by atoms with Crippen molar-refractivity contribution in [2.75, 3.05) is 6.54 Å². The third kappa shape index (κ3) is 2.15. The molecular weight excluding hydrogens is 272 g/mol. The van der Waals surface area contributed by atoms with Gasteiger partial charge in [-0.15, -0.1) is 0 Å². The molecule has 2 heterocycles. The van der Waals surface area contributed by atoms with Gasteiger partial charge in [0.2, 0.25) is 21.8 Å². The van der Waals surface area contributed by atoms with Gasteiger partial charge in [0.05, 0.1) is 17.9 Å². The van der Waals surface area contributed by atoms with Gasteiger partial charge in [0.15, 0.2) is 0 Å². The number of imide groups is 1. The van der Waals surface area contributed by atoms with Gasteiger partial charge in [0.25, 0.3) is 0 Å². The zero-order valence-corrected chi connectivity index (χ0v) is 11.5. The minimum absolute atomic E-state index is 0.0156. The second-order valence-corrected chi connectivity index (χ2v) is 6.23. The van der Waals surface area contributed by atoms with Crippen molar-refractivity contribution >= 4 is 21.8 Å². The summed E-state index contributed by atoms with van der Waals surface area (Å²) in [5.74, 6) is -1.26. The number of carbonyl (C=O) groups excluding carboxylic acids is 2. The Morgan fingerprint density at radius 1 is 1.32 bits per heavy atom. The van der Waals surface area contributed by atoms with Crippen molar-refractivity contribution in [3.05, 3.63) is 11.4 Å². The molecular formula is C10H14N4O4S. The molecule has 1 saturated heterocycles. The Morgan fingerprint density at radius 2 is 1.95 bits per heavy atom. The van der Waals surface area contributed by atoms with E-state index >= 15 is 0 Å². The second-order valence-electron chi connectivity index (χ2n) is 4.40. The number of nitrogens with one attached hydrogen (secondary N) is 2. The largest absolute Gasteiger partial charge is 0.294 e. The van der Waals surface area contributed by atoms with Crippen LogP contribution in [0, 0.1) is 13.8 Å². The number of aryl methyl sites for hydroxylation is 2. The molecule has 1 unspecified atom stereocenters. The summed E-state index contributed by atoms with van der Waals surface area (Å²) in [6.45, 7) is 4.18. The van der Waals surface area contributed by atoms with Gasteiger partial charge in [-0.05, 0) is 20.8 Å². The Balaban J connectivity index is 2.50. The maximum absolute atomic E-state index is 12.5. The van der Waals surface area contributed by atoms with E-state index in [0.717, 1.165) is 4.31 Å². The number of carbonyl (C=O) groups is 2. The molecule has 8 nitrogen and oxygen atoms in total. The van der Waals surface area contributed by atoms with Gasteiger partial charge in [-0.1, -0.05) is 0 Å². The standard InChI is InChI=1S/C10H14N4O4S/c1-5-9(6(2)13-12-5)19(17,18)14-4-8(15)11-10(16)7(14)3/h7H,4H2,1-3H3,(H,12,13)(H,11,15,16). The maximum atomic E-state index is 12.5. The normalized spacial score (nSPS) is 21.5. The van der Waals surface area contributed by atoms with Gasteiger partial charge < -0.3 is 0 Å². The van der Waals surface area contributed by atoms with E-state index in [2.05, 4.69) is 15.5 Å². The van der Waals surface area contributed by atoms with Crippen LogP contribution in [0.1, 0.15) is 18.3 Å². The maximum Gasteiger partial charge on any atom is 0.247 e. The molecule has 2 N–H and O–H groups in total. The highest BCUT2D eigenvalue weighted by Gasteiger charge is 2.40. The number of nitrogens with zero attached hydrogens (tertiary/aromatic N) is 2. The number of amides is 2. The average molecular weight is 286 g/mol. The summed E-state index contributed by atoms with van der Waals surface area (Å²) in [6.07, 6.45) is 0. The number of hydrogen-bond acceptors (Lipinski definition) is 5. The van der Waals surface area contributed by atoms with Crippen LogP contribution < -0.4 is 5.32 Å². The lowest BCUT2D eigenvalue weighted by Crippen LogP contribution is -2.58. The molecule has 0 aliphatic carbocycles. The first-order valence-corrected chi connectivity index (χ1v) is 7.06. The smallest absolute Gasteiger partial charge is 0.247 e. The molecule has 1 aromatic heterocycles. The molecule has 1 aromatic rings. The van der Waals surface area contributed by atoms with Gasteiger partial charge >= 0.3 is 0 Å². The lowest BCUT2D eigenvalue weighted by atomic mass is 10.2. The van der Waals surface area contributed by atoms with Crippen LogP contribution in [0.4, 0.5) is 0 Å². The van der Waals surface area contributed by atoms with Crippen molar-refractivity contribution in [2.24, 2.45) is 0 Å². The average Bonchev–Trinajstić information content (AvgIpc) is 2.63. The lowest BCUT2D eigenvalue weighted by Gasteiger charge is -2.30. The Morgan fingerprint density at radius 3 is 2.47 bits per heavy atom. The Hall–Kier alpha value is -1.74. The van der Waals surface area contributed by atoms with Crippen molar-refractivity contribution in [1.82, 2.24) is 19.8 Å². The fraction of sp³-hybridized carbons (Fsp3) is 0.500. The SMILES string of the molecule is Cc1n[nH]c(C)c1S(=O)(=O)N1CC(=O)NC(=O)C1C. The summed E-state index contributed by atoms with van der Waals surface area (Å²) in [4.78, 5) is 22.9. The van der Waals surface area contributed by atoms with Gasteiger partial charge in [0.1, 0.15) is 10.9 Å². The van der Waals surface area contributed by atoms with Gasteiger partial charge in [-0.2, -0.15) is 9.40 Å². The predicted molar refractivity (Wildman–Crippen MR) is 64.6 cm³/mol. The molecule has 0 saturated carbocycles. The summed E-state index contributed by atoms with van der Waals surface area (Å²) in [5.41, 5.74) is 0.686. The van der Waals surface area contributed by atoms with E-state index in [-0.39, 0.29) is 11.4 Å². The van der Waals surface area contributed by atoms with Crippen LogP contribution in [0.5, 0.6) is 0 Å². The van der Waals surface area contributed by atoms with Gasteiger partial charge in [0, 0.05) is 0 Å². The van der Waals surface area contributed by atoms with Gasteiger partial charge in [-0.3, -0.25) is 20.0 Å². The van der Waals surface area contributed by atoms with Crippen molar-refractivity contribution in [1.29, 1.82) is 0 Å². The zero-order valence-electron chi connectivity index (χ0n) is 10.7. The van der Waals surface area contributed by atoms with Crippen molar-refractivity contribution < 1.29 is 18.0 Å². The molecule has 2 rings (SSSR count). The number of aromatic nitrogens is 2. The number of hydrogen-bond donors (Lipinski definition) is 2. The molecule has 2 amide bonds. The second kappa shape index (κ2) is 4.42. The van der Waals surface area contributed by atoms with Crippen LogP contribution in [0.2, 0.25) is 0 Å². The van der Waals surface area contributed by atoms with E-state index in [0.29, 0.717) is 11.4 Å². The van der Waals surface area contributed by atoms with E-state index in [9.17, 15) is 18.0 Å². The Bertz CT molecular complexity index is 629. The molecule has 19 heavy (non-hydrogen) atoms. The van der Waals surface area contributed by atoms with Gasteiger partial charge in [-0.25, -0.2) is 8.42 Å². The topological polar surface area (TPSA) is 112 Å². The highest BCUT2D eigenvalue weighted by atomic mass is 32.2. The quantitative estimate of drug-likeness (QED) is 0.682. The molecule has 0 bridgehead atoms. The molecule has 0 spiro atoms. The number of aromatic amines is 1.